The second-order valence-corrected chi connectivity index (χ2v) is 13.7. The van der Waals surface area contributed by atoms with Crippen LogP contribution in [-0.2, 0) is 24.8 Å². The van der Waals surface area contributed by atoms with Gasteiger partial charge in [0.2, 0.25) is 20.0 Å². The number of ether oxygens (including phenoxy) is 1. The lowest BCUT2D eigenvalue weighted by Crippen LogP contribution is -2.34. The lowest BCUT2D eigenvalue weighted by Gasteiger charge is -2.22. The van der Waals surface area contributed by atoms with Crippen molar-refractivity contribution in [3.63, 3.8) is 0 Å². The standard InChI is InChI=1S/C16H23FN2O4S.C11H15FN2O2S/c1-7-11-8-12(9-13(17)14(11)19-24(6,21)22)10(2)18-15(20)23-16(3,4)5;1-4-8-5-9(7(2)13)6-10(12)11(8)14-17(3,15)16/h7-10,19H,1H2,2-6H3,(H,18,20);4-7,14H,1,13H2,2-3H3. The first-order chi connectivity index (χ1) is 18.6. The van der Waals surface area contributed by atoms with E-state index in [1.165, 1.54) is 18.2 Å². The van der Waals surface area contributed by atoms with E-state index in [0.717, 1.165) is 18.6 Å². The van der Waals surface area contributed by atoms with E-state index in [0.29, 0.717) is 16.7 Å². The maximum Gasteiger partial charge on any atom is 0.408 e. The highest BCUT2D eigenvalue weighted by Crippen LogP contribution is 2.28. The molecular weight excluding hydrogens is 578 g/mol. The normalized spacial score (nSPS) is 13.1. The van der Waals surface area contributed by atoms with Gasteiger partial charge in [-0.1, -0.05) is 25.3 Å². The Kier molecular flexibility index (Phi) is 12.1. The first-order valence-corrected chi connectivity index (χ1v) is 16.0. The van der Waals surface area contributed by atoms with Crippen LogP contribution in [0.2, 0.25) is 0 Å². The maximum absolute atomic E-state index is 14.3. The van der Waals surface area contributed by atoms with E-state index in [1.807, 2.05) is 0 Å². The molecule has 228 valence electrons. The van der Waals surface area contributed by atoms with Crippen LogP contribution in [0.15, 0.2) is 37.4 Å². The average Bonchev–Trinajstić information content (AvgIpc) is 2.78. The summed E-state index contributed by atoms with van der Waals surface area (Å²) in [7, 11) is -7.17. The Morgan fingerprint density at radius 1 is 0.878 bits per heavy atom. The number of alkyl carbamates (subject to hydrolysis) is 1. The van der Waals surface area contributed by atoms with Crippen molar-refractivity contribution in [3.05, 3.63) is 71.3 Å². The van der Waals surface area contributed by atoms with Crippen molar-refractivity contribution < 1.29 is 35.1 Å². The Morgan fingerprint density at radius 2 is 1.27 bits per heavy atom. The first kappa shape index (κ1) is 35.5. The quantitative estimate of drug-likeness (QED) is 0.298. The van der Waals surface area contributed by atoms with Crippen LogP contribution in [0.4, 0.5) is 25.0 Å². The summed E-state index contributed by atoms with van der Waals surface area (Å²) in [6, 6.07) is 4.64. The summed E-state index contributed by atoms with van der Waals surface area (Å²) >= 11 is 0. The predicted molar refractivity (Wildman–Crippen MR) is 160 cm³/mol. The zero-order valence-electron chi connectivity index (χ0n) is 24.1. The van der Waals surface area contributed by atoms with Crippen LogP contribution in [0.5, 0.6) is 0 Å². The highest BCUT2D eigenvalue weighted by molar-refractivity contribution is 7.92. The monoisotopic (exact) mass is 616 g/mol. The maximum atomic E-state index is 14.3. The fraction of sp³-hybridized carbons (Fsp3) is 0.370. The molecule has 0 aliphatic rings. The number of hydrogen-bond donors (Lipinski definition) is 4. The van der Waals surface area contributed by atoms with Gasteiger partial charge in [-0.05, 0) is 70.0 Å². The van der Waals surface area contributed by atoms with Gasteiger partial charge in [-0.3, -0.25) is 9.44 Å². The molecule has 0 heterocycles. The average molecular weight is 617 g/mol. The first-order valence-electron chi connectivity index (χ1n) is 12.2. The third-order valence-corrected chi connectivity index (χ3v) is 6.21. The SMILES string of the molecule is C=Cc1cc(C(C)N)cc(F)c1NS(C)(=O)=O.C=Cc1cc(C(C)NC(=O)OC(C)(C)C)cc(F)c1NS(C)(=O)=O. The topological polar surface area (TPSA) is 157 Å². The van der Waals surface area contributed by atoms with E-state index < -0.39 is 49.4 Å². The Labute approximate surface area is 241 Å². The van der Waals surface area contributed by atoms with Crippen molar-refractivity contribution in [3.8, 4) is 0 Å². The predicted octanol–water partition coefficient (Wildman–Crippen LogP) is 5.29. The van der Waals surface area contributed by atoms with Crippen LogP contribution >= 0.6 is 0 Å². The van der Waals surface area contributed by atoms with Gasteiger partial charge >= 0.3 is 6.09 Å². The second kappa shape index (κ2) is 13.9. The van der Waals surface area contributed by atoms with Gasteiger partial charge in [0, 0.05) is 17.2 Å². The molecule has 2 atom stereocenters. The molecule has 14 heteroatoms. The summed E-state index contributed by atoms with van der Waals surface area (Å²) in [6.45, 7) is 15.7. The Balaban J connectivity index is 0.000000435. The summed E-state index contributed by atoms with van der Waals surface area (Å²) < 4.78 is 82.3. The van der Waals surface area contributed by atoms with Crippen LogP contribution in [-0.4, -0.2) is 41.0 Å². The minimum absolute atomic E-state index is 0.105. The Hall–Kier alpha value is -3.49. The molecular formula is C27H38F2N4O6S2. The zero-order chi connectivity index (χ0) is 31.9. The third kappa shape index (κ3) is 12.3. The van der Waals surface area contributed by atoms with E-state index in [2.05, 4.69) is 27.9 Å². The molecule has 2 aromatic rings. The largest absolute Gasteiger partial charge is 0.444 e. The summed E-state index contributed by atoms with van der Waals surface area (Å²) in [6.07, 6.45) is 3.97. The van der Waals surface area contributed by atoms with Crippen molar-refractivity contribution in [1.29, 1.82) is 0 Å². The molecule has 0 aliphatic carbocycles. The summed E-state index contributed by atoms with van der Waals surface area (Å²) in [5.41, 5.74) is 6.38. The minimum Gasteiger partial charge on any atom is -0.444 e. The molecule has 2 aromatic carbocycles. The van der Waals surface area contributed by atoms with Crippen LogP contribution < -0.4 is 20.5 Å². The zero-order valence-corrected chi connectivity index (χ0v) is 25.8. The van der Waals surface area contributed by atoms with Crippen molar-refractivity contribution in [2.45, 2.75) is 52.3 Å². The molecule has 10 nitrogen and oxygen atoms in total. The second-order valence-electron chi connectivity index (χ2n) is 10.2. The number of carbonyl (C=O) groups excluding carboxylic acids is 1. The number of benzene rings is 2. The van der Waals surface area contributed by atoms with Crippen molar-refractivity contribution in [2.24, 2.45) is 5.73 Å². The molecule has 2 rings (SSSR count). The number of halogens is 2. The molecule has 0 fully saturated rings. The Morgan fingerprint density at radius 3 is 1.61 bits per heavy atom. The molecule has 5 N–H and O–H groups in total. The van der Waals surface area contributed by atoms with Gasteiger partial charge in [-0.2, -0.15) is 0 Å². The van der Waals surface area contributed by atoms with Crippen LogP contribution in [0.1, 0.15) is 69.0 Å². The molecule has 0 saturated carbocycles. The molecule has 0 aromatic heterocycles. The number of nitrogens with two attached hydrogens (primary N) is 1. The van der Waals surface area contributed by atoms with Gasteiger partial charge < -0.3 is 15.8 Å². The third-order valence-electron chi connectivity index (χ3n) is 5.06. The fourth-order valence-electron chi connectivity index (χ4n) is 3.29. The summed E-state index contributed by atoms with van der Waals surface area (Å²) in [5, 5.41) is 2.60. The van der Waals surface area contributed by atoms with Crippen LogP contribution in [0.3, 0.4) is 0 Å². The summed E-state index contributed by atoms with van der Waals surface area (Å²) in [4.78, 5) is 11.8. The molecule has 41 heavy (non-hydrogen) atoms. The van der Waals surface area contributed by atoms with Gasteiger partial charge in [-0.25, -0.2) is 30.4 Å². The van der Waals surface area contributed by atoms with E-state index in [1.54, 1.807) is 46.8 Å². The smallest absolute Gasteiger partial charge is 0.408 e. The number of hydrogen-bond acceptors (Lipinski definition) is 7. The van der Waals surface area contributed by atoms with Crippen molar-refractivity contribution in [2.75, 3.05) is 22.0 Å². The van der Waals surface area contributed by atoms with E-state index in [-0.39, 0.29) is 23.0 Å². The fourth-order valence-corrected chi connectivity index (χ4v) is 4.46. The van der Waals surface area contributed by atoms with E-state index in [9.17, 15) is 30.4 Å². The van der Waals surface area contributed by atoms with Crippen molar-refractivity contribution in [1.82, 2.24) is 5.32 Å². The number of carbonyl (C=O) groups is 1. The van der Waals surface area contributed by atoms with Crippen LogP contribution in [0.25, 0.3) is 12.2 Å². The molecule has 2 unspecified atom stereocenters. The molecule has 0 spiro atoms. The molecule has 1 amide bonds. The number of sulfonamides is 2. The van der Waals surface area contributed by atoms with E-state index in [4.69, 9.17) is 10.5 Å². The van der Waals surface area contributed by atoms with Crippen LogP contribution in [0, 0.1) is 11.6 Å². The molecule has 0 saturated heterocycles. The van der Waals surface area contributed by atoms with Gasteiger partial charge in [0.1, 0.15) is 17.2 Å². The highest BCUT2D eigenvalue weighted by atomic mass is 32.2. The number of anilines is 2. The van der Waals surface area contributed by atoms with Gasteiger partial charge in [0.05, 0.1) is 29.9 Å². The van der Waals surface area contributed by atoms with Gasteiger partial charge in [-0.15, -0.1) is 0 Å². The number of nitrogens with one attached hydrogen (secondary N) is 3. The van der Waals surface area contributed by atoms with Gasteiger partial charge in [0.15, 0.2) is 0 Å². The van der Waals surface area contributed by atoms with Gasteiger partial charge in [0.25, 0.3) is 0 Å². The highest BCUT2D eigenvalue weighted by Gasteiger charge is 2.20. The molecule has 0 aliphatic heterocycles. The summed E-state index contributed by atoms with van der Waals surface area (Å²) in [5.74, 6) is -1.43. The lowest BCUT2D eigenvalue weighted by molar-refractivity contribution is 0.0507. The number of rotatable bonds is 9. The lowest BCUT2D eigenvalue weighted by atomic mass is 10.0. The van der Waals surface area contributed by atoms with Crippen molar-refractivity contribution >= 4 is 49.7 Å². The molecule has 0 bridgehead atoms. The van der Waals surface area contributed by atoms with E-state index >= 15 is 0 Å². The number of amides is 1. The Bertz CT molecular complexity index is 1500. The molecule has 0 radical (unpaired) electrons. The minimum atomic E-state index is -3.63.